The predicted octanol–water partition coefficient (Wildman–Crippen LogP) is 4.17. The number of carbonyl (C=O) groups excluding carboxylic acids is 1. The molecule has 2 N–H and O–H groups in total. The Morgan fingerprint density at radius 2 is 2.12 bits per heavy atom. The van der Waals surface area contributed by atoms with Gasteiger partial charge in [-0.3, -0.25) is 4.79 Å². The van der Waals surface area contributed by atoms with E-state index in [0.29, 0.717) is 22.0 Å². The van der Waals surface area contributed by atoms with Crippen LogP contribution in [0, 0.1) is 0 Å². The van der Waals surface area contributed by atoms with E-state index in [-0.39, 0.29) is 5.78 Å². The average Bonchev–Trinajstić information content (AvgIpc) is 2.68. The second-order valence-electron chi connectivity index (χ2n) is 3.54. The summed E-state index contributed by atoms with van der Waals surface area (Å²) in [6, 6.07) is 8.87. The van der Waals surface area contributed by atoms with Crippen LogP contribution in [-0.4, -0.2) is 5.78 Å². The lowest BCUT2D eigenvalue weighted by atomic mass is 10.1. The Kier molecular flexibility index (Phi) is 3.86. The molecule has 0 saturated heterocycles. The fourth-order valence-corrected chi connectivity index (χ4v) is 2.87. The molecule has 0 unspecified atom stereocenters. The van der Waals surface area contributed by atoms with Crippen LogP contribution in [0.3, 0.4) is 0 Å². The van der Waals surface area contributed by atoms with Crippen molar-refractivity contribution in [1.82, 2.24) is 0 Å². The summed E-state index contributed by atoms with van der Waals surface area (Å²) >= 11 is 10.6. The summed E-state index contributed by atoms with van der Waals surface area (Å²) in [7, 11) is 0. The van der Waals surface area contributed by atoms with Gasteiger partial charge in [-0.1, -0.05) is 11.6 Å². The van der Waals surface area contributed by atoms with E-state index in [9.17, 15) is 4.79 Å². The van der Waals surface area contributed by atoms with E-state index in [1.165, 1.54) is 11.3 Å². The van der Waals surface area contributed by atoms with Crippen LogP contribution in [0.25, 0.3) is 0 Å². The van der Waals surface area contributed by atoms with Crippen LogP contribution in [0.5, 0.6) is 0 Å². The number of benzene rings is 1. The lowest BCUT2D eigenvalue weighted by Crippen LogP contribution is -2.02. The molecule has 0 aliphatic carbocycles. The highest BCUT2D eigenvalue weighted by atomic mass is 79.9. The summed E-state index contributed by atoms with van der Waals surface area (Å²) in [6.45, 7) is 0. The minimum absolute atomic E-state index is 0.0595. The van der Waals surface area contributed by atoms with Crippen LogP contribution >= 0.6 is 38.9 Å². The average molecular weight is 331 g/mol. The normalized spacial score (nSPS) is 10.5. The first-order valence-electron chi connectivity index (χ1n) is 4.88. The number of hydrogen-bond donors (Lipinski definition) is 1. The Morgan fingerprint density at radius 3 is 2.71 bits per heavy atom. The number of carbonyl (C=O) groups is 1. The largest absolute Gasteiger partial charge is 0.398 e. The molecule has 0 bridgehead atoms. The fraction of sp³-hybridized carbons (Fsp3) is 0.0833. The van der Waals surface area contributed by atoms with Crippen molar-refractivity contribution in [1.29, 1.82) is 0 Å². The zero-order valence-electron chi connectivity index (χ0n) is 8.74. The van der Waals surface area contributed by atoms with Crippen molar-refractivity contribution in [2.45, 2.75) is 6.42 Å². The quantitative estimate of drug-likeness (QED) is 0.678. The summed E-state index contributed by atoms with van der Waals surface area (Å²) in [4.78, 5) is 13.0. The number of Topliss-reactive ketones (excluding diaryl/α,β-unsaturated/α-hetero) is 1. The van der Waals surface area contributed by atoms with Gasteiger partial charge in [-0.25, -0.2) is 0 Å². The molecule has 0 saturated carbocycles. The van der Waals surface area contributed by atoms with Gasteiger partial charge in [0.25, 0.3) is 0 Å². The maximum absolute atomic E-state index is 12.0. The number of anilines is 1. The van der Waals surface area contributed by atoms with E-state index < -0.39 is 0 Å². The maximum Gasteiger partial charge on any atom is 0.168 e. The summed E-state index contributed by atoms with van der Waals surface area (Å²) in [5.74, 6) is 0.0595. The molecule has 2 rings (SSSR count). The second-order valence-corrected chi connectivity index (χ2v) is 6.20. The summed E-state index contributed by atoms with van der Waals surface area (Å²) in [5.41, 5.74) is 6.95. The maximum atomic E-state index is 12.0. The van der Waals surface area contributed by atoms with Crippen LogP contribution < -0.4 is 5.73 Å². The van der Waals surface area contributed by atoms with Gasteiger partial charge in [0, 0.05) is 27.0 Å². The number of nitrogen functional groups attached to an aromatic ring is 1. The first-order chi connectivity index (χ1) is 8.06. The molecule has 5 heteroatoms. The van der Waals surface area contributed by atoms with Gasteiger partial charge in [0.05, 0.1) is 4.34 Å². The Bertz CT molecular complexity index is 567. The highest BCUT2D eigenvalue weighted by Gasteiger charge is 2.10. The van der Waals surface area contributed by atoms with Crippen molar-refractivity contribution in [2.24, 2.45) is 0 Å². The molecule has 1 aromatic heterocycles. The highest BCUT2D eigenvalue weighted by molar-refractivity contribution is 9.10. The number of nitrogens with two attached hydrogens (primary N) is 1. The smallest absolute Gasteiger partial charge is 0.168 e. The number of hydrogen-bond acceptors (Lipinski definition) is 3. The molecule has 0 atom stereocenters. The van der Waals surface area contributed by atoms with Gasteiger partial charge in [-0.05, 0) is 46.3 Å². The predicted molar refractivity (Wildman–Crippen MR) is 75.9 cm³/mol. The van der Waals surface area contributed by atoms with Gasteiger partial charge < -0.3 is 5.73 Å². The SMILES string of the molecule is Nc1ccc(C(=O)Cc2ccc(Cl)s2)cc1Br. The molecule has 2 aromatic rings. The first kappa shape index (κ1) is 12.6. The Morgan fingerprint density at radius 1 is 1.35 bits per heavy atom. The van der Waals surface area contributed by atoms with Crippen molar-refractivity contribution in [2.75, 3.05) is 5.73 Å². The van der Waals surface area contributed by atoms with E-state index >= 15 is 0 Å². The Hall–Kier alpha value is -0.840. The van der Waals surface area contributed by atoms with Crippen LogP contribution in [0.15, 0.2) is 34.8 Å². The summed E-state index contributed by atoms with van der Waals surface area (Å²) in [5, 5.41) is 0. The molecule has 1 aromatic carbocycles. The van der Waals surface area contributed by atoms with Gasteiger partial charge in [0.15, 0.2) is 5.78 Å². The van der Waals surface area contributed by atoms with Crippen molar-refractivity contribution in [3.8, 4) is 0 Å². The molecule has 0 aliphatic rings. The third kappa shape index (κ3) is 3.09. The van der Waals surface area contributed by atoms with Gasteiger partial charge in [0.2, 0.25) is 0 Å². The highest BCUT2D eigenvalue weighted by Crippen LogP contribution is 2.24. The van der Waals surface area contributed by atoms with E-state index in [4.69, 9.17) is 17.3 Å². The molecule has 17 heavy (non-hydrogen) atoms. The minimum Gasteiger partial charge on any atom is -0.398 e. The van der Waals surface area contributed by atoms with E-state index in [2.05, 4.69) is 15.9 Å². The minimum atomic E-state index is 0.0595. The molecule has 2 nitrogen and oxygen atoms in total. The first-order valence-corrected chi connectivity index (χ1v) is 6.87. The number of rotatable bonds is 3. The molecular formula is C12H9BrClNOS. The van der Waals surface area contributed by atoms with Gasteiger partial charge >= 0.3 is 0 Å². The van der Waals surface area contributed by atoms with Gasteiger partial charge in [-0.15, -0.1) is 11.3 Å². The van der Waals surface area contributed by atoms with Crippen LogP contribution in [-0.2, 0) is 6.42 Å². The van der Waals surface area contributed by atoms with Crippen LogP contribution in [0.1, 0.15) is 15.2 Å². The zero-order valence-corrected chi connectivity index (χ0v) is 11.9. The van der Waals surface area contributed by atoms with E-state index in [0.717, 1.165) is 9.35 Å². The third-order valence-electron chi connectivity index (χ3n) is 2.29. The van der Waals surface area contributed by atoms with Crippen molar-refractivity contribution >= 4 is 50.3 Å². The van der Waals surface area contributed by atoms with Crippen molar-refractivity contribution in [3.63, 3.8) is 0 Å². The van der Waals surface area contributed by atoms with Crippen molar-refractivity contribution in [3.05, 3.63) is 49.6 Å². The number of ketones is 1. The topological polar surface area (TPSA) is 43.1 Å². The molecule has 0 spiro atoms. The molecule has 0 radical (unpaired) electrons. The third-order valence-corrected chi connectivity index (χ3v) is 4.20. The lowest BCUT2D eigenvalue weighted by molar-refractivity contribution is 0.0994. The van der Waals surface area contributed by atoms with Crippen LogP contribution in [0.4, 0.5) is 5.69 Å². The summed E-state index contributed by atoms with van der Waals surface area (Å²) < 4.78 is 1.44. The zero-order chi connectivity index (χ0) is 12.4. The molecule has 1 heterocycles. The molecule has 88 valence electrons. The van der Waals surface area contributed by atoms with E-state index in [1.807, 2.05) is 6.07 Å². The van der Waals surface area contributed by atoms with E-state index in [1.54, 1.807) is 24.3 Å². The van der Waals surface area contributed by atoms with Crippen molar-refractivity contribution < 1.29 is 4.79 Å². The lowest BCUT2D eigenvalue weighted by Gasteiger charge is -2.02. The van der Waals surface area contributed by atoms with Crippen LogP contribution in [0.2, 0.25) is 4.34 Å². The Balaban J connectivity index is 2.17. The molecular weight excluding hydrogens is 322 g/mol. The summed E-state index contributed by atoms with van der Waals surface area (Å²) in [6.07, 6.45) is 0.369. The molecule has 0 aliphatic heterocycles. The number of halogens is 2. The monoisotopic (exact) mass is 329 g/mol. The second kappa shape index (κ2) is 5.21. The van der Waals surface area contributed by atoms with Gasteiger partial charge in [-0.2, -0.15) is 0 Å². The standard InChI is InChI=1S/C12H9BrClNOS/c13-9-5-7(1-3-10(9)15)11(16)6-8-2-4-12(14)17-8/h1-5H,6,15H2. The molecule has 0 fully saturated rings. The number of thiophene rings is 1. The molecule has 0 amide bonds. The fourth-order valence-electron chi connectivity index (χ4n) is 1.41. The Labute approximate surface area is 117 Å². The van der Waals surface area contributed by atoms with Gasteiger partial charge in [0.1, 0.15) is 0 Å².